The van der Waals surface area contributed by atoms with Crippen LogP contribution in [0.25, 0.3) is 0 Å². The number of rotatable bonds is 8. The number of ketones is 2. The van der Waals surface area contributed by atoms with Crippen LogP contribution in [-0.4, -0.2) is 11.6 Å². The quantitative estimate of drug-likeness (QED) is 0.339. The van der Waals surface area contributed by atoms with Gasteiger partial charge in [0.05, 0.1) is 0 Å². The number of Topliss-reactive ketones (excluding diaryl/α,β-unsaturated/α-hetero) is 2. The van der Waals surface area contributed by atoms with E-state index in [1.807, 2.05) is 0 Å². The Morgan fingerprint density at radius 1 is 1.07 bits per heavy atom. The standard InChI is InChI=1S/C12H19O2/c1-4-5-6-7-8-9-11(13)12(14)10(2)3/h1-2,4-9H2,3H3. The van der Waals surface area contributed by atoms with Crippen LogP contribution >= 0.6 is 0 Å². The van der Waals surface area contributed by atoms with Crippen LogP contribution in [0.15, 0.2) is 12.2 Å². The lowest BCUT2D eigenvalue weighted by Crippen LogP contribution is -2.13. The van der Waals surface area contributed by atoms with Gasteiger partial charge in [0.25, 0.3) is 0 Å². The zero-order valence-electron chi connectivity index (χ0n) is 8.97. The smallest absolute Gasteiger partial charge is 0.223 e. The summed E-state index contributed by atoms with van der Waals surface area (Å²) in [6.07, 6.45) is 5.31. The summed E-state index contributed by atoms with van der Waals surface area (Å²) in [5.74, 6) is -0.714. The Morgan fingerprint density at radius 3 is 2.14 bits per heavy atom. The molecule has 2 heteroatoms. The van der Waals surface area contributed by atoms with E-state index in [0.717, 1.165) is 32.1 Å². The molecule has 0 rings (SSSR count). The van der Waals surface area contributed by atoms with Crippen LogP contribution in [0.2, 0.25) is 0 Å². The molecule has 0 fully saturated rings. The van der Waals surface area contributed by atoms with Gasteiger partial charge in [-0.25, -0.2) is 0 Å². The van der Waals surface area contributed by atoms with E-state index in [2.05, 4.69) is 13.5 Å². The maximum absolute atomic E-state index is 11.2. The van der Waals surface area contributed by atoms with Gasteiger partial charge in [-0.05, 0) is 18.9 Å². The van der Waals surface area contributed by atoms with E-state index in [0.29, 0.717) is 12.0 Å². The molecular formula is C12H19O2. The Labute approximate surface area is 86.4 Å². The molecule has 0 aromatic carbocycles. The molecule has 0 unspecified atom stereocenters. The number of carbonyl (C=O) groups excluding carboxylic acids is 2. The van der Waals surface area contributed by atoms with E-state index in [-0.39, 0.29) is 5.78 Å². The average Bonchev–Trinajstić information content (AvgIpc) is 2.16. The van der Waals surface area contributed by atoms with Crippen molar-refractivity contribution in [2.75, 3.05) is 0 Å². The van der Waals surface area contributed by atoms with E-state index in [1.54, 1.807) is 6.92 Å². The average molecular weight is 195 g/mol. The second-order valence-electron chi connectivity index (χ2n) is 3.55. The van der Waals surface area contributed by atoms with Crippen molar-refractivity contribution in [3.8, 4) is 0 Å². The third-order valence-electron chi connectivity index (χ3n) is 2.04. The Hall–Kier alpha value is -0.920. The summed E-state index contributed by atoms with van der Waals surface area (Å²) in [5.41, 5.74) is 0.341. The minimum Gasteiger partial charge on any atom is -0.291 e. The molecule has 0 aromatic rings. The number of hydrogen-bond donors (Lipinski definition) is 0. The highest BCUT2D eigenvalue weighted by Crippen LogP contribution is 2.06. The van der Waals surface area contributed by atoms with E-state index >= 15 is 0 Å². The second-order valence-corrected chi connectivity index (χ2v) is 3.55. The van der Waals surface area contributed by atoms with Crippen LogP contribution in [0.1, 0.15) is 45.4 Å². The summed E-state index contributed by atoms with van der Waals surface area (Å²) in [6.45, 7) is 8.76. The van der Waals surface area contributed by atoms with Crippen molar-refractivity contribution < 1.29 is 9.59 Å². The van der Waals surface area contributed by atoms with E-state index in [4.69, 9.17) is 0 Å². The van der Waals surface area contributed by atoms with Crippen LogP contribution in [0, 0.1) is 6.92 Å². The minimum absolute atomic E-state index is 0.299. The summed E-state index contributed by atoms with van der Waals surface area (Å²) >= 11 is 0. The fourth-order valence-corrected chi connectivity index (χ4v) is 1.17. The second kappa shape index (κ2) is 7.48. The lowest BCUT2D eigenvalue weighted by Gasteiger charge is -1.99. The maximum Gasteiger partial charge on any atom is 0.223 e. The molecule has 0 amide bonds. The molecule has 0 aliphatic rings. The van der Waals surface area contributed by atoms with Crippen molar-refractivity contribution in [2.24, 2.45) is 0 Å². The van der Waals surface area contributed by atoms with E-state index in [9.17, 15) is 9.59 Å². The Balaban J connectivity index is 3.54. The molecule has 0 aliphatic heterocycles. The van der Waals surface area contributed by atoms with Gasteiger partial charge >= 0.3 is 0 Å². The van der Waals surface area contributed by atoms with E-state index in [1.165, 1.54) is 0 Å². The van der Waals surface area contributed by atoms with Gasteiger partial charge in [0.15, 0.2) is 0 Å². The molecule has 0 aromatic heterocycles. The largest absolute Gasteiger partial charge is 0.291 e. The van der Waals surface area contributed by atoms with Gasteiger partial charge in [-0.2, -0.15) is 0 Å². The highest BCUT2D eigenvalue weighted by molar-refractivity contribution is 6.43. The minimum atomic E-state index is -0.415. The summed E-state index contributed by atoms with van der Waals surface area (Å²) in [5, 5.41) is 0. The normalized spacial score (nSPS) is 9.86. The van der Waals surface area contributed by atoms with E-state index < -0.39 is 5.78 Å². The molecule has 2 nitrogen and oxygen atoms in total. The molecule has 79 valence electrons. The fourth-order valence-electron chi connectivity index (χ4n) is 1.17. The van der Waals surface area contributed by atoms with Crippen LogP contribution < -0.4 is 0 Å². The van der Waals surface area contributed by atoms with Crippen molar-refractivity contribution >= 4 is 11.6 Å². The van der Waals surface area contributed by atoms with Gasteiger partial charge < -0.3 is 0 Å². The number of carbonyl (C=O) groups is 2. The number of unbranched alkanes of at least 4 members (excludes halogenated alkanes) is 4. The zero-order valence-corrected chi connectivity index (χ0v) is 8.97. The first kappa shape index (κ1) is 13.1. The molecule has 0 saturated heterocycles. The van der Waals surface area contributed by atoms with Gasteiger partial charge in [-0.15, -0.1) is 0 Å². The molecule has 0 bridgehead atoms. The Kier molecular flexibility index (Phi) is 6.99. The Bertz CT molecular complexity index is 216. The first-order valence-corrected chi connectivity index (χ1v) is 5.12. The van der Waals surface area contributed by atoms with Crippen LogP contribution in [0.3, 0.4) is 0 Å². The van der Waals surface area contributed by atoms with Crippen molar-refractivity contribution in [1.29, 1.82) is 0 Å². The molecule has 0 saturated carbocycles. The molecular weight excluding hydrogens is 176 g/mol. The van der Waals surface area contributed by atoms with Crippen LogP contribution in [0.5, 0.6) is 0 Å². The van der Waals surface area contributed by atoms with Crippen molar-refractivity contribution in [3.05, 3.63) is 19.1 Å². The van der Waals surface area contributed by atoms with Gasteiger partial charge in [0.1, 0.15) is 0 Å². The lowest BCUT2D eigenvalue weighted by atomic mass is 10.0. The monoisotopic (exact) mass is 195 g/mol. The SMILES string of the molecule is [CH2]CCCCCCC(=O)C(=O)C(=C)C. The van der Waals surface area contributed by atoms with Crippen molar-refractivity contribution in [1.82, 2.24) is 0 Å². The molecule has 14 heavy (non-hydrogen) atoms. The third-order valence-corrected chi connectivity index (χ3v) is 2.04. The summed E-state index contributed by atoms with van der Waals surface area (Å²) in [4.78, 5) is 22.3. The van der Waals surface area contributed by atoms with Crippen LogP contribution in [-0.2, 0) is 9.59 Å². The fraction of sp³-hybridized carbons (Fsp3) is 0.583. The predicted molar refractivity (Wildman–Crippen MR) is 57.9 cm³/mol. The van der Waals surface area contributed by atoms with Crippen molar-refractivity contribution in [2.45, 2.75) is 45.4 Å². The lowest BCUT2D eigenvalue weighted by molar-refractivity contribution is -0.134. The van der Waals surface area contributed by atoms with Gasteiger partial charge in [-0.3, -0.25) is 9.59 Å². The maximum atomic E-state index is 11.2. The molecule has 0 aliphatic carbocycles. The third kappa shape index (κ3) is 5.68. The van der Waals surface area contributed by atoms with Gasteiger partial charge in [0, 0.05) is 6.42 Å². The van der Waals surface area contributed by atoms with Gasteiger partial charge in [0.2, 0.25) is 11.6 Å². The Morgan fingerprint density at radius 2 is 1.64 bits per heavy atom. The van der Waals surface area contributed by atoms with Crippen LogP contribution in [0.4, 0.5) is 0 Å². The first-order chi connectivity index (χ1) is 6.59. The highest BCUT2D eigenvalue weighted by atomic mass is 16.2. The molecule has 0 heterocycles. The summed E-state index contributed by atoms with van der Waals surface area (Å²) < 4.78 is 0. The van der Waals surface area contributed by atoms with Gasteiger partial charge in [-0.1, -0.05) is 39.2 Å². The topological polar surface area (TPSA) is 34.1 Å². The molecule has 1 radical (unpaired) electrons. The molecule has 0 N–H and O–H groups in total. The number of hydrogen-bond acceptors (Lipinski definition) is 2. The number of allylic oxidation sites excluding steroid dienone is 1. The summed E-state index contributed by atoms with van der Waals surface area (Å²) in [7, 11) is 0. The molecule has 0 spiro atoms. The summed E-state index contributed by atoms with van der Waals surface area (Å²) in [6, 6.07) is 0. The highest BCUT2D eigenvalue weighted by Gasteiger charge is 2.12. The molecule has 0 atom stereocenters. The predicted octanol–water partition coefficient (Wildman–Crippen LogP) is 2.88. The van der Waals surface area contributed by atoms with Crippen molar-refractivity contribution in [3.63, 3.8) is 0 Å². The first-order valence-electron chi connectivity index (χ1n) is 5.12. The zero-order chi connectivity index (χ0) is 11.0.